The quantitative estimate of drug-likeness (QED) is 0.475. The maximum Gasteiger partial charge on any atom is 0.306 e. The third kappa shape index (κ3) is 0.980. The van der Waals surface area contributed by atoms with Crippen LogP contribution in [-0.4, -0.2) is 18.6 Å². The Balaban J connectivity index is 2.32. The van der Waals surface area contributed by atoms with Gasteiger partial charge in [0, 0.05) is 13.0 Å². The Morgan fingerprint density at radius 1 is 1.88 bits per heavy atom. The number of cyclic esters (lactones) is 1. The molecule has 0 unspecified atom stereocenters. The molecule has 1 atom stereocenters. The summed E-state index contributed by atoms with van der Waals surface area (Å²) in [4.78, 5) is 10.3. The number of nitrogens with two attached hydrogens (primary N) is 1. The predicted molar refractivity (Wildman–Crippen MR) is 28.2 cm³/mol. The predicted octanol–water partition coefficient (Wildman–Crippen LogP) is -0.349. The molecule has 3 nitrogen and oxygen atoms in total. The SMILES string of the molecule is NC[C@H]1CCC(=O)O1. The molecule has 46 valence electrons. The summed E-state index contributed by atoms with van der Waals surface area (Å²) in [6, 6.07) is 0. The van der Waals surface area contributed by atoms with E-state index in [1.807, 2.05) is 0 Å². The second-order valence-corrected chi connectivity index (χ2v) is 1.89. The Morgan fingerprint density at radius 2 is 2.62 bits per heavy atom. The first kappa shape index (κ1) is 5.56. The number of carbonyl (C=O) groups excluding carboxylic acids is 1. The summed E-state index contributed by atoms with van der Waals surface area (Å²) in [6.07, 6.45) is 1.35. The topological polar surface area (TPSA) is 52.3 Å². The van der Waals surface area contributed by atoms with Crippen molar-refractivity contribution in [2.24, 2.45) is 5.73 Å². The third-order valence-electron chi connectivity index (χ3n) is 1.23. The highest BCUT2D eigenvalue weighted by Crippen LogP contribution is 2.11. The van der Waals surface area contributed by atoms with Gasteiger partial charge in [-0.05, 0) is 6.42 Å². The van der Waals surface area contributed by atoms with Gasteiger partial charge in [0.2, 0.25) is 0 Å². The van der Waals surface area contributed by atoms with Crippen LogP contribution < -0.4 is 5.73 Å². The van der Waals surface area contributed by atoms with Crippen LogP contribution in [0.15, 0.2) is 0 Å². The van der Waals surface area contributed by atoms with Gasteiger partial charge in [-0.15, -0.1) is 0 Å². The average Bonchev–Trinajstić information content (AvgIpc) is 2.14. The van der Waals surface area contributed by atoms with E-state index in [4.69, 9.17) is 10.5 Å². The van der Waals surface area contributed by atoms with E-state index >= 15 is 0 Å². The molecule has 1 heterocycles. The molecule has 0 bridgehead atoms. The first-order valence-corrected chi connectivity index (χ1v) is 2.72. The molecule has 0 saturated carbocycles. The molecule has 0 radical (unpaired) electrons. The van der Waals surface area contributed by atoms with Crippen molar-refractivity contribution in [1.29, 1.82) is 0 Å². The van der Waals surface area contributed by atoms with Crippen molar-refractivity contribution in [1.82, 2.24) is 0 Å². The van der Waals surface area contributed by atoms with Gasteiger partial charge in [-0.2, -0.15) is 0 Å². The largest absolute Gasteiger partial charge is 0.461 e. The van der Waals surface area contributed by atoms with E-state index in [9.17, 15) is 4.79 Å². The highest BCUT2D eigenvalue weighted by Gasteiger charge is 2.20. The Kier molecular flexibility index (Phi) is 1.48. The van der Waals surface area contributed by atoms with Crippen molar-refractivity contribution in [2.75, 3.05) is 6.54 Å². The Hall–Kier alpha value is -0.570. The van der Waals surface area contributed by atoms with Crippen LogP contribution in [0.25, 0.3) is 0 Å². The molecule has 2 N–H and O–H groups in total. The lowest BCUT2D eigenvalue weighted by molar-refractivity contribution is -0.141. The molecule has 0 aromatic rings. The van der Waals surface area contributed by atoms with E-state index in [1.165, 1.54) is 0 Å². The van der Waals surface area contributed by atoms with Crippen molar-refractivity contribution in [3.63, 3.8) is 0 Å². The summed E-state index contributed by atoms with van der Waals surface area (Å²) in [5.41, 5.74) is 5.22. The first-order chi connectivity index (χ1) is 3.83. The molecule has 0 aromatic heterocycles. The van der Waals surface area contributed by atoms with Gasteiger partial charge in [0.15, 0.2) is 0 Å². The highest BCUT2D eigenvalue weighted by atomic mass is 16.5. The molecule has 8 heavy (non-hydrogen) atoms. The van der Waals surface area contributed by atoms with Crippen LogP contribution in [0.2, 0.25) is 0 Å². The first-order valence-electron chi connectivity index (χ1n) is 2.72. The van der Waals surface area contributed by atoms with E-state index in [0.29, 0.717) is 13.0 Å². The molecule has 1 rings (SSSR count). The van der Waals surface area contributed by atoms with Crippen LogP contribution in [0, 0.1) is 0 Å². The number of ether oxygens (including phenoxy) is 1. The van der Waals surface area contributed by atoms with Gasteiger partial charge in [0.1, 0.15) is 6.10 Å². The zero-order chi connectivity index (χ0) is 5.98. The number of esters is 1. The second-order valence-electron chi connectivity index (χ2n) is 1.89. The second kappa shape index (κ2) is 2.13. The van der Waals surface area contributed by atoms with Crippen LogP contribution in [0.5, 0.6) is 0 Å². The van der Waals surface area contributed by atoms with Gasteiger partial charge in [0.05, 0.1) is 0 Å². The Bertz CT molecular complexity index is 103. The normalized spacial score (nSPS) is 28.1. The molecule has 1 aliphatic rings. The fourth-order valence-corrected chi connectivity index (χ4v) is 0.749. The summed E-state index contributed by atoms with van der Waals surface area (Å²) in [7, 11) is 0. The number of hydrogen-bond acceptors (Lipinski definition) is 3. The summed E-state index contributed by atoms with van der Waals surface area (Å²) in [5.74, 6) is -0.111. The molecule has 1 fully saturated rings. The molecular formula is C5H9NO2. The number of hydrogen-bond donors (Lipinski definition) is 1. The summed E-state index contributed by atoms with van der Waals surface area (Å²) < 4.78 is 4.75. The van der Waals surface area contributed by atoms with E-state index < -0.39 is 0 Å². The molecule has 0 amide bonds. The standard InChI is InChI=1S/C5H9NO2/c6-3-4-1-2-5(7)8-4/h4H,1-3,6H2/t4-/m1/s1. The van der Waals surface area contributed by atoms with E-state index in [1.54, 1.807) is 0 Å². The van der Waals surface area contributed by atoms with Crippen LogP contribution in [-0.2, 0) is 9.53 Å². The minimum absolute atomic E-state index is 0.00231. The minimum atomic E-state index is -0.111. The van der Waals surface area contributed by atoms with Crippen molar-refractivity contribution in [2.45, 2.75) is 18.9 Å². The van der Waals surface area contributed by atoms with Crippen molar-refractivity contribution in [3.05, 3.63) is 0 Å². The Labute approximate surface area is 47.8 Å². The molecule has 1 aliphatic heterocycles. The molecule has 3 heteroatoms. The van der Waals surface area contributed by atoms with Crippen LogP contribution in [0.4, 0.5) is 0 Å². The van der Waals surface area contributed by atoms with Crippen molar-refractivity contribution < 1.29 is 9.53 Å². The zero-order valence-corrected chi connectivity index (χ0v) is 4.59. The van der Waals surface area contributed by atoms with Gasteiger partial charge in [-0.3, -0.25) is 4.79 Å². The van der Waals surface area contributed by atoms with Crippen molar-refractivity contribution >= 4 is 5.97 Å². The van der Waals surface area contributed by atoms with Crippen LogP contribution in [0.1, 0.15) is 12.8 Å². The lowest BCUT2D eigenvalue weighted by Gasteiger charge is -2.01. The monoisotopic (exact) mass is 115 g/mol. The molecule has 0 spiro atoms. The lowest BCUT2D eigenvalue weighted by atomic mass is 10.2. The van der Waals surface area contributed by atoms with Crippen molar-refractivity contribution in [3.8, 4) is 0 Å². The van der Waals surface area contributed by atoms with Gasteiger partial charge in [-0.1, -0.05) is 0 Å². The van der Waals surface area contributed by atoms with E-state index in [-0.39, 0.29) is 12.1 Å². The highest BCUT2D eigenvalue weighted by molar-refractivity contribution is 5.71. The third-order valence-corrected chi connectivity index (χ3v) is 1.23. The average molecular weight is 115 g/mol. The maximum atomic E-state index is 10.3. The number of rotatable bonds is 1. The molecular weight excluding hydrogens is 106 g/mol. The molecule has 1 saturated heterocycles. The fraction of sp³-hybridized carbons (Fsp3) is 0.800. The summed E-state index contributed by atoms with van der Waals surface area (Å²) >= 11 is 0. The summed E-state index contributed by atoms with van der Waals surface area (Å²) in [5, 5.41) is 0. The van der Waals surface area contributed by atoms with Gasteiger partial charge < -0.3 is 10.5 Å². The van der Waals surface area contributed by atoms with E-state index in [2.05, 4.69) is 0 Å². The van der Waals surface area contributed by atoms with E-state index in [0.717, 1.165) is 6.42 Å². The Morgan fingerprint density at radius 3 is 2.88 bits per heavy atom. The van der Waals surface area contributed by atoms with Crippen LogP contribution >= 0.6 is 0 Å². The van der Waals surface area contributed by atoms with Gasteiger partial charge in [0.25, 0.3) is 0 Å². The van der Waals surface area contributed by atoms with Gasteiger partial charge in [-0.25, -0.2) is 0 Å². The smallest absolute Gasteiger partial charge is 0.306 e. The van der Waals surface area contributed by atoms with Crippen LogP contribution in [0.3, 0.4) is 0 Å². The molecule has 0 aliphatic carbocycles. The number of carbonyl (C=O) groups is 1. The fourth-order valence-electron chi connectivity index (χ4n) is 0.749. The zero-order valence-electron chi connectivity index (χ0n) is 4.59. The molecule has 0 aromatic carbocycles. The maximum absolute atomic E-state index is 10.3. The summed E-state index contributed by atoms with van der Waals surface area (Å²) in [6.45, 7) is 0.464. The lowest BCUT2D eigenvalue weighted by Crippen LogP contribution is -2.18. The minimum Gasteiger partial charge on any atom is -0.461 e. The van der Waals surface area contributed by atoms with Gasteiger partial charge >= 0.3 is 5.97 Å².